The van der Waals surface area contributed by atoms with Crippen molar-refractivity contribution < 1.29 is 23.4 Å². The molecule has 3 aromatic carbocycles. The van der Waals surface area contributed by atoms with E-state index in [9.17, 15) is 14.4 Å². The fraction of sp³-hybridized carbons (Fsp3) is 0.167. The third-order valence-electron chi connectivity index (χ3n) is 6.93. The summed E-state index contributed by atoms with van der Waals surface area (Å²) in [6, 6.07) is 17.3. The van der Waals surface area contributed by atoms with Crippen molar-refractivity contribution in [2.75, 3.05) is 7.11 Å². The molecular weight excluding hydrogens is 488 g/mol. The molecule has 0 aliphatic heterocycles. The van der Waals surface area contributed by atoms with E-state index in [2.05, 4.69) is 16.3 Å². The fourth-order valence-electron chi connectivity index (χ4n) is 4.88. The third-order valence-corrected chi connectivity index (χ3v) is 6.93. The van der Waals surface area contributed by atoms with Crippen LogP contribution in [0.3, 0.4) is 0 Å². The molecule has 4 aromatic rings. The van der Waals surface area contributed by atoms with Gasteiger partial charge in [0.05, 0.1) is 23.6 Å². The highest BCUT2D eigenvalue weighted by Gasteiger charge is 2.30. The number of hydrogen-bond acceptors (Lipinski definition) is 4. The Kier molecular flexibility index (Phi) is 6.75. The summed E-state index contributed by atoms with van der Waals surface area (Å²) in [4.78, 5) is 10.9. The first kappa shape index (κ1) is 24.9. The average Bonchev–Trinajstić information content (AvgIpc) is 3.27. The topological polar surface area (TPSA) is 99.0 Å². The van der Waals surface area contributed by atoms with Gasteiger partial charge in [-0.15, -0.1) is 5.10 Å². The number of halogens is 2. The summed E-state index contributed by atoms with van der Waals surface area (Å²) in [6.45, 7) is 0. The predicted octanol–water partition coefficient (Wildman–Crippen LogP) is 6.58. The second kappa shape index (κ2) is 10.3. The number of hydrogen-bond donors (Lipinski definition) is 2. The number of benzene rings is 3. The van der Waals surface area contributed by atoms with E-state index in [1.807, 2.05) is 0 Å². The molecule has 8 heteroatoms. The maximum absolute atomic E-state index is 15.6. The molecule has 190 valence electrons. The number of aromatic nitrogens is 2. The molecule has 0 atom stereocenters. The van der Waals surface area contributed by atoms with Gasteiger partial charge in [-0.25, -0.2) is 9.18 Å². The van der Waals surface area contributed by atoms with Crippen molar-refractivity contribution in [1.82, 2.24) is 10.2 Å². The molecule has 0 amide bonds. The number of aromatic amines is 1. The van der Waals surface area contributed by atoms with Crippen molar-refractivity contribution in [3.8, 4) is 11.8 Å². The van der Waals surface area contributed by atoms with Crippen molar-refractivity contribution in [2.45, 2.75) is 19.3 Å². The Morgan fingerprint density at radius 3 is 2.47 bits per heavy atom. The highest BCUT2D eigenvalue weighted by atomic mass is 19.1. The second-order valence-electron chi connectivity index (χ2n) is 9.09. The summed E-state index contributed by atoms with van der Waals surface area (Å²) >= 11 is 0. The molecule has 1 aliphatic rings. The van der Waals surface area contributed by atoms with Crippen molar-refractivity contribution in [1.29, 1.82) is 5.26 Å². The number of nitrogens with zero attached hydrogens (tertiary/aromatic N) is 2. The van der Waals surface area contributed by atoms with Gasteiger partial charge in [0.1, 0.15) is 17.6 Å². The van der Waals surface area contributed by atoms with E-state index in [-0.39, 0.29) is 16.9 Å². The maximum atomic E-state index is 15.6. The van der Waals surface area contributed by atoms with Crippen LogP contribution in [0.5, 0.6) is 5.75 Å². The lowest BCUT2D eigenvalue weighted by molar-refractivity contribution is -0.131. The van der Waals surface area contributed by atoms with Crippen LogP contribution in [0.4, 0.5) is 8.78 Å². The Labute approximate surface area is 217 Å². The number of carboxylic acids is 1. The van der Waals surface area contributed by atoms with Gasteiger partial charge in [-0.1, -0.05) is 36.8 Å². The summed E-state index contributed by atoms with van der Waals surface area (Å²) in [7, 11) is 1.47. The number of methoxy groups -OCH3 is 1. The molecule has 1 heterocycles. The highest BCUT2D eigenvalue weighted by molar-refractivity contribution is 6.04. The first-order valence-corrected chi connectivity index (χ1v) is 12.1. The summed E-state index contributed by atoms with van der Waals surface area (Å²) in [5.74, 6) is -1.90. The van der Waals surface area contributed by atoms with Crippen molar-refractivity contribution in [2.24, 2.45) is 5.92 Å². The molecule has 0 spiro atoms. The SMILES string of the molecule is COc1ccc(C(=C(c2ccc(C=CC(=O)O)cc2)c2ccc3[nH]nc(F)c3c2C#N)C2CCC2)c(F)c1. The quantitative estimate of drug-likeness (QED) is 0.216. The summed E-state index contributed by atoms with van der Waals surface area (Å²) in [5.41, 5.74) is 4.03. The number of nitriles is 1. The van der Waals surface area contributed by atoms with E-state index in [1.54, 1.807) is 48.5 Å². The Morgan fingerprint density at radius 2 is 1.87 bits per heavy atom. The van der Waals surface area contributed by atoms with Crippen LogP contribution in [0.25, 0.3) is 28.1 Å². The van der Waals surface area contributed by atoms with E-state index < -0.39 is 17.7 Å². The van der Waals surface area contributed by atoms with E-state index in [0.717, 1.165) is 30.9 Å². The summed E-state index contributed by atoms with van der Waals surface area (Å²) in [6.07, 6.45) is 5.18. The number of carboxylic acid groups (broad SMARTS) is 1. The number of rotatable bonds is 7. The molecule has 0 saturated heterocycles. The molecule has 38 heavy (non-hydrogen) atoms. The Hall–Kier alpha value is -4.77. The zero-order valence-electron chi connectivity index (χ0n) is 20.5. The highest BCUT2D eigenvalue weighted by Crippen LogP contribution is 2.47. The van der Waals surface area contributed by atoms with E-state index in [4.69, 9.17) is 9.84 Å². The number of fused-ring (bicyclic) bond motifs is 1. The standard InChI is InChI=1S/C30H23F2N3O3/c1-38-20-10-11-22(24(31)15-20)28(18-3-2-4-18)27(19-8-5-17(6-9-19)7-14-26(36)37)21-12-13-25-29(23(21)16-33)30(32)35-34-25/h5-15,18H,2-4H2,1H3,(H,34,35)(H,36,37). The molecule has 2 N–H and O–H groups in total. The van der Waals surface area contributed by atoms with Gasteiger partial charge in [0.2, 0.25) is 5.95 Å². The van der Waals surface area contributed by atoms with Crippen molar-refractivity contribution >= 4 is 34.1 Å². The van der Waals surface area contributed by atoms with Gasteiger partial charge in [-0.2, -0.15) is 9.65 Å². The Balaban J connectivity index is 1.83. The van der Waals surface area contributed by atoms with Crippen LogP contribution in [0.1, 0.15) is 47.1 Å². The number of H-pyrrole nitrogens is 1. The predicted molar refractivity (Wildman–Crippen MR) is 140 cm³/mol. The molecule has 1 saturated carbocycles. The number of allylic oxidation sites excluding steroid dienone is 1. The van der Waals surface area contributed by atoms with Crippen LogP contribution >= 0.6 is 0 Å². The largest absolute Gasteiger partial charge is 0.497 e. The summed E-state index contributed by atoms with van der Waals surface area (Å²) < 4.78 is 35.5. The van der Waals surface area contributed by atoms with E-state index in [1.165, 1.54) is 19.3 Å². The van der Waals surface area contributed by atoms with Crippen molar-refractivity contribution in [3.63, 3.8) is 0 Å². The van der Waals surface area contributed by atoms with Crippen molar-refractivity contribution in [3.05, 3.63) is 100 Å². The Bertz CT molecular complexity index is 1640. The molecule has 1 fully saturated rings. The molecule has 6 nitrogen and oxygen atoms in total. The molecular formula is C30H23F2N3O3. The fourth-order valence-corrected chi connectivity index (χ4v) is 4.88. The zero-order valence-corrected chi connectivity index (χ0v) is 20.5. The maximum Gasteiger partial charge on any atom is 0.328 e. The van der Waals surface area contributed by atoms with Gasteiger partial charge < -0.3 is 9.84 Å². The second-order valence-corrected chi connectivity index (χ2v) is 9.09. The van der Waals surface area contributed by atoms with Crippen LogP contribution in [-0.4, -0.2) is 28.4 Å². The third kappa shape index (κ3) is 4.55. The van der Waals surface area contributed by atoms with Gasteiger partial charge in [-0.05, 0) is 65.3 Å². The summed E-state index contributed by atoms with van der Waals surface area (Å²) in [5, 5.41) is 25.4. The lowest BCUT2D eigenvalue weighted by Gasteiger charge is -2.32. The van der Waals surface area contributed by atoms with E-state index in [0.29, 0.717) is 39.1 Å². The average molecular weight is 512 g/mol. The van der Waals surface area contributed by atoms with E-state index >= 15 is 4.39 Å². The number of ether oxygens (including phenoxy) is 1. The van der Waals surface area contributed by atoms with Gasteiger partial charge in [0.15, 0.2) is 0 Å². The van der Waals surface area contributed by atoms with Gasteiger partial charge >= 0.3 is 5.97 Å². The first-order valence-electron chi connectivity index (χ1n) is 12.1. The van der Waals surface area contributed by atoms with Crippen LogP contribution in [0, 0.1) is 29.0 Å². The molecule has 0 unspecified atom stereocenters. The molecule has 0 bridgehead atoms. The van der Waals surface area contributed by atoms with Crippen LogP contribution < -0.4 is 4.74 Å². The lowest BCUT2D eigenvalue weighted by Crippen LogP contribution is -2.16. The number of carbonyl (C=O) groups is 1. The molecule has 0 radical (unpaired) electrons. The van der Waals surface area contributed by atoms with Gasteiger partial charge in [0, 0.05) is 23.3 Å². The molecule has 5 rings (SSSR count). The van der Waals surface area contributed by atoms with Crippen LogP contribution in [0.15, 0.2) is 60.7 Å². The first-order chi connectivity index (χ1) is 18.4. The zero-order chi connectivity index (χ0) is 26.8. The van der Waals surface area contributed by atoms with Gasteiger partial charge in [-0.3, -0.25) is 5.10 Å². The lowest BCUT2D eigenvalue weighted by atomic mass is 9.72. The normalized spacial score (nSPS) is 14.3. The number of nitrogens with one attached hydrogen (secondary N) is 1. The Morgan fingerprint density at radius 1 is 1.13 bits per heavy atom. The minimum absolute atomic E-state index is 0.0240. The molecule has 1 aliphatic carbocycles. The van der Waals surface area contributed by atoms with Crippen LogP contribution in [0.2, 0.25) is 0 Å². The number of aliphatic carboxylic acids is 1. The monoisotopic (exact) mass is 511 g/mol. The van der Waals surface area contributed by atoms with Gasteiger partial charge in [0.25, 0.3) is 0 Å². The minimum atomic E-state index is -1.06. The molecule has 1 aromatic heterocycles. The minimum Gasteiger partial charge on any atom is -0.497 e. The smallest absolute Gasteiger partial charge is 0.328 e. The van der Waals surface area contributed by atoms with Crippen LogP contribution in [-0.2, 0) is 4.79 Å².